The first kappa shape index (κ1) is 16.2. The first-order valence-electron chi connectivity index (χ1n) is 6.71. The molecule has 0 aliphatic heterocycles. The summed E-state index contributed by atoms with van der Waals surface area (Å²) in [5.41, 5.74) is -0.462. The molecule has 0 aliphatic rings. The first-order chi connectivity index (χ1) is 11.3. The van der Waals surface area contributed by atoms with Crippen molar-refractivity contribution in [1.82, 2.24) is 14.8 Å². The lowest BCUT2D eigenvalue weighted by molar-refractivity contribution is -0.137. The van der Waals surface area contributed by atoms with E-state index in [2.05, 4.69) is 10.1 Å². The molecule has 0 amide bonds. The van der Waals surface area contributed by atoms with Crippen molar-refractivity contribution in [2.45, 2.75) is 12.7 Å². The topological polar surface area (TPSA) is 68.0 Å². The Bertz CT molecular complexity index is 886. The van der Waals surface area contributed by atoms with E-state index in [-0.39, 0.29) is 23.4 Å². The highest BCUT2D eigenvalue weighted by molar-refractivity contribution is 7.09. The zero-order valence-corrected chi connectivity index (χ0v) is 12.8. The minimum Gasteiger partial charge on any atom is -0.478 e. The summed E-state index contributed by atoms with van der Waals surface area (Å²) in [6.07, 6.45) is -1.92. The smallest absolute Gasteiger partial charge is 0.417 e. The lowest BCUT2D eigenvalue weighted by atomic mass is 10.1. The van der Waals surface area contributed by atoms with E-state index in [0.29, 0.717) is 5.01 Å². The summed E-state index contributed by atoms with van der Waals surface area (Å²) in [6.45, 7) is 0.187. The van der Waals surface area contributed by atoms with Gasteiger partial charge in [-0.15, -0.1) is 11.3 Å². The van der Waals surface area contributed by atoms with E-state index >= 15 is 0 Å². The lowest BCUT2D eigenvalue weighted by Gasteiger charge is -2.10. The van der Waals surface area contributed by atoms with Crippen molar-refractivity contribution >= 4 is 17.3 Å². The Morgan fingerprint density at radius 1 is 1.29 bits per heavy atom. The number of benzene rings is 1. The first-order valence-corrected chi connectivity index (χ1v) is 7.59. The Morgan fingerprint density at radius 3 is 2.71 bits per heavy atom. The van der Waals surface area contributed by atoms with Crippen LogP contribution in [-0.2, 0) is 12.7 Å². The lowest BCUT2D eigenvalue weighted by Crippen LogP contribution is -2.07. The van der Waals surface area contributed by atoms with Gasteiger partial charge in [0.25, 0.3) is 0 Å². The van der Waals surface area contributed by atoms with Crippen LogP contribution in [0.4, 0.5) is 13.2 Å². The Balaban J connectivity index is 1.87. The van der Waals surface area contributed by atoms with Gasteiger partial charge in [-0.2, -0.15) is 18.3 Å². The van der Waals surface area contributed by atoms with E-state index in [9.17, 15) is 18.0 Å². The van der Waals surface area contributed by atoms with Crippen molar-refractivity contribution in [2.75, 3.05) is 0 Å². The molecule has 0 saturated carbocycles. The Morgan fingerprint density at radius 2 is 2.04 bits per heavy atom. The third-order valence-electron chi connectivity index (χ3n) is 3.24. The molecule has 5 nitrogen and oxygen atoms in total. The third-order valence-corrected chi connectivity index (χ3v) is 4.07. The second-order valence-corrected chi connectivity index (χ2v) is 5.84. The SMILES string of the molecule is O=C(O)c1cnn(Cc2nc(-c3ccccc3C(F)(F)F)cs2)c1. The molecule has 9 heteroatoms. The highest BCUT2D eigenvalue weighted by atomic mass is 32.1. The van der Waals surface area contributed by atoms with Crippen molar-refractivity contribution in [1.29, 1.82) is 0 Å². The van der Waals surface area contributed by atoms with Gasteiger partial charge in [0.1, 0.15) is 5.01 Å². The monoisotopic (exact) mass is 353 g/mol. The molecule has 3 rings (SSSR count). The highest BCUT2D eigenvalue weighted by Crippen LogP contribution is 2.37. The Hall–Kier alpha value is -2.68. The number of carboxylic acid groups (broad SMARTS) is 1. The normalized spacial score (nSPS) is 11.6. The average molecular weight is 353 g/mol. The molecule has 24 heavy (non-hydrogen) atoms. The van der Waals surface area contributed by atoms with Gasteiger partial charge in [0.05, 0.1) is 29.6 Å². The third kappa shape index (κ3) is 3.30. The van der Waals surface area contributed by atoms with Gasteiger partial charge in [-0.05, 0) is 6.07 Å². The molecule has 2 aromatic heterocycles. The number of thiazole rings is 1. The number of aromatic nitrogens is 3. The average Bonchev–Trinajstić information content (AvgIpc) is 3.16. The van der Waals surface area contributed by atoms with Crippen LogP contribution in [0, 0.1) is 0 Å². The fraction of sp³-hybridized carbons (Fsp3) is 0.133. The number of hydrogen-bond acceptors (Lipinski definition) is 4. The summed E-state index contributed by atoms with van der Waals surface area (Å²) in [6, 6.07) is 5.24. The number of carboxylic acids is 1. The number of hydrogen-bond donors (Lipinski definition) is 1. The van der Waals surface area contributed by atoms with Gasteiger partial charge in [0.15, 0.2) is 0 Å². The molecule has 1 aromatic carbocycles. The molecule has 0 radical (unpaired) electrons. The van der Waals surface area contributed by atoms with Gasteiger partial charge in [-0.1, -0.05) is 18.2 Å². The fourth-order valence-electron chi connectivity index (χ4n) is 2.16. The molecular formula is C15H10F3N3O2S. The molecular weight excluding hydrogens is 343 g/mol. The van der Waals surface area contributed by atoms with Crippen LogP contribution in [0.2, 0.25) is 0 Å². The van der Waals surface area contributed by atoms with Crippen molar-refractivity contribution in [3.63, 3.8) is 0 Å². The maximum Gasteiger partial charge on any atom is 0.417 e. The van der Waals surface area contributed by atoms with Gasteiger partial charge in [0, 0.05) is 17.1 Å². The number of carbonyl (C=O) groups is 1. The van der Waals surface area contributed by atoms with Crippen molar-refractivity contribution in [3.05, 3.63) is 58.2 Å². The predicted molar refractivity (Wildman–Crippen MR) is 80.8 cm³/mol. The Labute approximate surface area is 138 Å². The molecule has 3 aromatic rings. The number of nitrogens with zero attached hydrogens (tertiary/aromatic N) is 3. The molecule has 2 heterocycles. The van der Waals surface area contributed by atoms with Crippen LogP contribution in [0.5, 0.6) is 0 Å². The van der Waals surface area contributed by atoms with Gasteiger partial charge in [0.2, 0.25) is 0 Å². The predicted octanol–water partition coefficient (Wildman–Crippen LogP) is 3.77. The number of rotatable bonds is 4. The number of alkyl halides is 3. The zero-order chi connectivity index (χ0) is 17.3. The maximum atomic E-state index is 13.1. The summed E-state index contributed by atoms with van der Waals surface area (Å²) in [5, 5.41) is 14.8. The van der Waals surface area contributed by atoms with Gasteiger partial charge >= 0.3 is 12.1 Å². The van der Waals surface area contributed by atoms with Crippen LogP contribution in [0.3, 0.4) is 0 Å². The quantitative estimate of drug-likeness (QED) is 0.775. The molecule has 0 fully saturated rings. The van der Waals surface area contributed by atoms with Crippen molar-refractivity contribution in [2.24, 2.45) is 0 Å². The van der Waals surface area contributed by atoms with E-state index < -0.39 is 17.7 Å². The zero-order valence-electron chi connectivity index (χ0n) is 12.0. The molecule has 0 saturated heterocycles. The van der Waals surface area contributed by atoms with Crippen LogP contribution in [0.25, 0.3) is 11.3 Å². The molecule has 1 N–H and O–H groups in total. The maximum absolute atomic E-state index is 13.1. The molecule has 0 unspecified atom stereocenters. The van der Waals surface area contributed by atoms with Gasteiger partial charge in [-0.25, -0.2) is 9.78 Å². The van der Waals surface area contributed by atoms with Crippen LogP contribution in [-0.4, -0.2) is 25.8 Å². The summed E-state index contributed by atoms with van der Waals surface area (Å²) < 4.78 is 40.6. The van der Waals surface area contributed by atoms with Crippen molar-refractivity contribution < 1.29 is 23.1 Å². The standard InChI is InChI=1S/C15H10F3N3O2S/c16-15(17,18)11-4-2-1-3-10(11)12-8-24-13(20-12)7-21-6-9(5-19-21)14(22)23/h1-6,8H,7H2,(H,22,23). The minimum atomic E-state index is -4.46. The van der Waals surface area contributed by atoms with E-state index in [1.807, 2.05) is 0 Å². The fourth-order valence-corrected chi connectivity index (χ4v) is 2.95. The van der Waals surface area contributed by atoms with E-state index in [1.54, 1.807) is 5.38 Å². The van der Waals surface area contributed by atoms with Crippen LogP contribution >= 0.6 is 11.3 Å². The van der Waals surface area contributed by atoms with E-state index in [0.717, 1.165) is 6.07 Å². The molecule has 0 spiro atoms. The summed E-state index contributed by atoms with van der Waals surface area (Å²) >= 11 is 1.19. The molecule has 124 valence electrons. The molecule has 0 bridgehead atoms. The summed E-state index contributed by atoms with van der Waals surface area (Å²) in [5.74, 6) is -1.10. The highest BCUT2D eigenvalue weighted by Gasteiger charge is 2.33. The van der Waals surface area contributed by atoms with Crippen LogP contribution in [0.15, 0.2) is 42.0 Å². The van der Waals surface area contributed by atoms with Crippen LogP contribution in [0.1, 0.15) is 20.9 Å². The Kier molecular flexibility index (Phi) is 4.10. The van der Waals surface area contributed by atoms with Crippen molar-refractivity contribution in [3.8, 4) is 11.3 Å². The van der Waals surface area contributed by atoms with Gasteiger partial charge < -0.3 is 5.11 Å². The second kappa shape index (κ2) is 6.08. The molecule has 0 aliphatic carbocycles. The van der Waals surface area contributed by atoms with Gasteiger partial charge in [-0.3, -0.25) is 4.68 Å². The number of aromatic carboxylic acids is 1. The number of halogens is 3. The summed E-state index contributed by atoms with van der Waals surface area (Å²) in [4.78, 5) is 15.0. The van der Waals surface area contributed by atoms with E-state index in [4.69, 9.17) is 5.11 Å². The molecule has 0 atom stereocenters. The largest absolute Gasteiger partial charge is 0.478 e. The second-order valence-electron chi connectivity index (χ2n) is 4.90. The van der Waals surface area contributed by atoms with E-state index in [1.165, 1.54) is 46.6 Å². The summed E-state index contributed by atoms with van der Waals surface area (Å²) in [7, 11) is 0. The van der Waals surface area contributed by atoms with Crippen LogP contribution < -0.4 is 0 Å². The minimum absolute atomic E-state index is 0.0131.